The fourth-order valence-electron chi connectivity index (χ4n) is 2.52. The Bertz CT molecular complexity index is 349. The van der Waals surface area contributed by atoms with Crippen LogP contribution in [0.25, 0.3) is 0 Å². The molecule has 0 aromatic rings. The minimum Gasteiger partial charge on any atom is -0.481 e. The van der Waals surface area contributed by atoms with Gasteiger partial charge in [-0.05, 0) is 40.0 Å². The van der Waals surface area contributed by atoms with Gasteiger partial charge < -0.3 is 16.2 Å². The number of carbonyl (C=O) groups is 2. The zero-order valence-corrected chi connectivity index (χ0v) is 12.2. The molecule has 5 heteroatoms. The maximum absolute atomic E-state index is 11.9. The van der Waals surface area contributed by atoms with Crippen LogP contribution in [0.3, 0.4) is 0 Å². The largest absolute Gasteiger partial charge is 0.481 e. The van der Waals surface area contributed by atoms with Gasteiger partial charge in [-0.1, -0.05) is 12.8 Å². The molecule has 19 heavy (non-hydrogen) atoms. The average Bonchev–Trinajstić information content (AvgIpc) is 2.28. The van der Waals surface area contributed by atoms with Crippen LogP contribution < -0.4 is 11.1 Å². The summed E-state index contributed by atoms with van der Waals surface area (Å²) in [5, 5.41) is 12.3. The lowest BCUT2D eigenvalue weighted by Crippen LogP contribution is -2.52. The highest BCUT2D eigenvalue weighted by Gasteiger charge is 2.43. The molecule has 110 valence electrons. The van der Waals surface area contributed by atoms with Gasteiger partial charge >= 0.3 is 5.97 Å². The van der Waals surface area contributed by atoms with Crippen molar-refractivity contribution in [2.24, 2.45) is 11.1 Å². The summed E-state index contributed by atoms with van der Waals surface area (Å²) >= 11 is 0. The van der Waals surface area contributed by atoms with E-state index in [0.29, 0.717) is 19.3 Å². The standard InChI is InChI=1S/C14H26N2O3/c1-13(2,15)9-7-11(17)16-10-6-4-5-8-14(10,3)12(18)19/h10H,4-9,15H2,1-3H3,(H,16,17)(H,18,19). The molecule has 0 saturated heterocycles. The number of carboxylic acid groups (broad SMARTS) is 1. The summed E-state index contributed by atoms with van der Waals surface area (Å²) < 4.78 is 0. The summed E-state index contributed by atoms with van der Waals surface area (Å²) in [7, 11) is 0. The second kappa shape index (κ2) is 5.90. The van der Waals surface area contributed by atoms with Crippen molar-refractivity contribution in [3.05, 3.63) is 0 Å². The van der Waals surface area contributed by atoms with Crippen LogP contribution in [0.4, 0.5) is 0 Å². The van der Waals surface area contributed by atoms with Crippen molar-refractivity contribution in [2.45, 2.75) is 70.9 Å². The van der Waals surface area contributed by atoms with Gasteiger partial charge in [-0.3, -0.25) is 9.59 Å². The molecule has 1 saturated carbocycles. The summed E-state index contributed by atoms with van der Waals surface area (Å²) in [5.74, 6) is -0.922. The van der Waals surface area contributed by atoms with Gasteiger partial charge in [0, 0.05) is 18.0 Å². The number of hydrogen-bond donors (Lipinski definition) is 3. The highest BCUT2D eigenvalue weighted by Crippen LogP contribution is 2.36. The molecule has 0 aromatic heterocycles. The van der Waals surface area contributed by atoms with Crippen LogP contribution in [0, 0.1) is 5.41 Å². The highest BCUT2D eigenvalue weighted by atomic mass is 16.4. The molecule has 0 bridgehead atoms. The smallest absolute Gasteiger partial charge is 0.311 e. The lowest BCUT2D eigenvalue weighted by molar-refractivity contribution is -0.152. The molecule has 1 rings (SSSR count). The average molecular weight is 270 g/mol. The van der Waals surface area contributed by atoms with E-state index in [0.717, 1.165) is 19.3 Å². The van der Waals surface area contributed by atoms with E-state index in [4.69, 9.17) is 5.73 Å². The maximum Gasteiger partial charge on any atom is 0.311 e. The van der Waals surface area contributed by atoms with Gasteiger partial charge in [-0.15, -0.1) is 0 Å². The Balaban J connectivity index is 2.58. The van der Waals surface area contributed by atoms with Crippen LogP contribution in [0.15, 0.2) is 0 Å². The first-order valence-corrected chi connectivity index (χ1v) is 6.97. The lowest BCUT2D eigenvalue weighted by atomic mass is 9.71. The number of carbonyl (C=O) groups excluding carboxylic acids is 1. The normalized spacial score (nSPS) is 27.9. The van der Waals surface area contributed by atoms with Crippen molar-refractivity contribution in [3.8, 4) is 0 Å². The Hall–Kier alpha value is -1.10. The predicted octanol–water partition coefficient (Wildman–Crippen LogP) is 1.65. The van der Waals surface area contributed by atoms with E-state index in [1.165, 1.54) is 0 Å². The van der Waals surface area contributed by atoms with Crippen LogP contribution in [0.1, 0.15) is 59.3 Å². The molecule has 0 heterocycles. The van der Waals surface area contributed by atoms with Crippen LogP contribution in [-0.4, -0.2) is 28.6 Å². The van der Waals surface area contributed by atoms with Crippen LogP contribution in [-0.2, 0) is 9.59 Å². The number of nitrogens with one attached hydrogen (secondary N) is 1. The van der Waals surface area contributed by atoms with Gasteiger partial charge in [0.1, 0.15) is 0 Å². The second-order valence-corrected chi connectivity index (χ2v) is 6.58. The predicted molar refractivity (Wildman–Crippen MR) is 73.6 cm³/mol. The molecular weight excluding hydrogens is 244 g/mol. The third-order valence-electron chi connectivity index (χ3n) is 4.03. The summed E-state index contributed by atoms with van der Waals surface area (Å²) in [6, 6.07) is -0.271. The molecular formula is C14H26N2O3. The Morgan fingerprint density at radius 3 is 2.58 bits per heavy atom. The van der Waals surface area contributed by atoms with Crippen molar-refractivity contribution < 1.29 is 14.7 Å². The molecule has 1 aliphatic carbocycles. The number of rotatable bonds is 5. The molecule has 5 nitrogen and oxygen atoms in total. The van der Waals surface area contributed by atoms with Crippen molar-refractivity contribution in [1.29, 1.82) is 0 Å². The first-order chi connectivity index (χ1) is 8.65. The molecule has 2 unspecified atom stereocenters. The highest BCUT2D eigenvalue weighted by molar-refractivity contribution is 5.80. The van der Waals surface area contributed by atoms with E-state index < -0.39 is 11.4 Å². The summed E-state index contributed by atoms with van der Waals surface area (Å²) in [6.45, 7) is 5.48. The Kier molecular flexibility index (Phi) is 4.96. The van der Waals surface area contributed by atoms with Crippen LogP contribution in [0.2, 0.25) is 0 Å². The first kappa shape index (κ1) is 16.0. The Labute approximate surface area is 114 Å². The number of nitrogens with two attached hydrogens (primary N) is 1. The van der Waals surface area contributed by atoms with E-state index in [2.05, 4.69) is 5.32 Å². The zero-order chi connectivity index (χ0) is 14.7. The molecule has 1 amide bonds. The SMILES string of the molecule is CC(C)(N)CCC(=O)NC1CCCCC1(C)C(=O)O. The van der Waals surface area contributed by atoms with Gasteiger partial charge in [0.25, 0.3) is 0 Å². The molecule has 0 aromatic carbocycles. The summed E-state index contributed by atoms with van der Waals surface area (Å²) in [4.78, 5) is 23.3. The molecule has 1 fully saturated rings. The Morgan fingerprint density at radius 2 is 2.05 bits per heavy atom. The van der Waals surface area contributed by atoms with Gasteiger partial charge in [-0.2, -0.15) is 0 Å². The van der Waals surface area contributed by atoms with Gasteiger partial charge in [0.15, 0.2) is 0 Å². The van der Waals surface area contributed by atoms with Gasteiger partial charge in [0.2, 0.25) is 5.91 Å². The fraction of sp³-hybridized carbons (Fsp3) is 0.857. The maximum atomic E-state index is 11.9. The van der Waals surface area contributed by atoms with Crippen LogP contribution >= 0.6 is 0 Å². The first-order valence-electron chi connectivity index (χ1n) is 6.97. The topological polar surface area (TPSA) is 92.4 Å². The third-order valence-corrected chi connectivity index (χ3v) is 4.03. The van der Waals surface area contributed by atoms with E-state index in [1.54, 1.807) is 6.92 Å². The molecule has 1 aliphatic rings. The monoisotopic (exact) mass is 270 g/mol. The summed E-state index contributed by atoms with van der Waals surface area (Å²) in [6.07, 6.45) is 4.17. The van der Waals surface area contributed by atoms with Crippen molar-refractivity contribution in [2.75, 3.05) is 0 Å². The number of aliphatic carboxylic acids is 1. The quantitative estimate of drug-likeness (QED) is 0.708. The van der Waals surface area contributed by atoms with Gasteiger partial charge in [-0.25, -0.2) is 0 Å². The zero-order valence-electron chi connectivity index (χ0n) is 12.2. The van der Waals surface area contributed by atoms with E-state index in [9.17, 15) is 14.7 Å². The third kappa shape index (κ3) is 4.49. The molecule has 4 N–H and O–H groups in total. The van der Waals surface area contributed by atoms with E-state index in [1.807, 2.05) is 13.8 Å². The molecule has 0 spiro atoms. The van der Waals surface area contributed by atoms with Crippen LogP contribution in [0.5, 0.6) is 0 Å². The minimum absolute atomic E-state index is 0.0992. The fourth-order valence-corrected chi connectivity index (χ4v) is 2.52. The lowest BCUT2D eigenvalue weighted by Gasteiger charge is -2.38. The summed E-state index contributed by atoms with van der Waals surface area (Å²) in [5.41, 5.74) is 4.63. The van der Waals surface area contributed by atoms with Crippen molar-refractivity contribution in [1.82, 2.24) is 5.32 Å². The van der Waals surface area contributed by atoms with E-state index >= 15 is 0 Å². The number of amides is 1. The second-order valence-electron chi connectivity index (χ2n) is 6.58. The van der Waals surface area contributed by atoms with Gasteiger partial charge in [0.05, 0.1) is 5.41 Å². The number of carboxylic acids is 1. The Morgan fingerprint density at radius 1 is 1.42 bits per heavy atom. The molecule has 2 atom stereocenters. The van der Waals surface area contributed by atoms with E-state index in [-0.39, 0.29) is 17.5 Å². The van der Waals surface area contributed by atoms with Crippen molar-refractivity contribution in [3.63, 3.8) is 0 Å². The molecule has 0 radical (unpaired) electrons. The van der Waals surface area contributed by atoms with Crippen molar-refractivity contribution >= 4 is 11.9 Å². The molecule has 0 aliphatic heterocycles. The minimum atomic E-state index is -0.841. The number of hydrogen-bond acceptors (Lipinski definition) is 3.